The van der Waals surface area contributed by atoms with E-state index in [-0.39, 0.29) is 24.0 Å². The minimum absolute atomic E-state index is 0.0112. The molecule has 0 saturated heterocycles. The van der Waals surface area contributed by atoms with Gasteiger partial charge in [0.05, 0.1) is 11.7 Å². The second kappa shape index (κ2) is 7.77. The number of aliphatic hydroxyl groups excluding tert-OH is 1. The molecule has 25 heavy (non-hydrogen) atoms. The predicted octanol–water partition coefficient (Wildman–Crippen LogP) is 3.56. The van der Waals surface area contributed by atoms with Crippen LogP contribution >= 0.6 is 15.9 Å². The van der Waals surface area contributed by atoms with Crippen molar-refractivity contribution in [2.45, 2.75) is 76.0 Å². The molecule has 0 spiro atoms. The fraction of sp³-hybridized carbons (Fsp3) is 0.650. The van der Waals surface area contributed by atoms with Crippen molar-refractivity contribution in [1.82, 2.24) is 5.32 Å². The molecule has 0 atom stereocenters. The molecular formula is C20H28BrNO3. The zero-order valence-electron chi connectivity index (χ0n) is 14.8. The number of amides is 1. The van der Waals surface area contributed by atoms with Crippen LogP contribution in [0.25, 0.3) is 0 Å². The van der Waals surface area contributed by atoms with Crippen LogP contribution in [-0.2, 0) is 10.4 Å². The van der Waals surface area contributed by atoms with Crippen molar-refractivity contribution in [3.63, 3.8) is 0 Å². The Balaban J connectivity index is 1.56. The van der Waals surface area contributed by atoms with Gasteiger partial charge < -0.3 is 15.5 Å². The van der Waals surface area contributed by atoms with E-state index in [4.69, 9.17) is 0 Å². The zero-order chi connectivity index (χ0) is 18.0. The Morgan fingerprint density at radius 1 is 1.16 bits per heavy atom. The van der Waals surface area contributed by atoms with Crippen molar-refractivity contribution in [2.24, 2.45) is 5.92 Å². The maximum Gasteiger partial charge on any atom is 0.223 e. The van der Waals surface area contributed by atoms with Gasteiger partial charge in [0.2, 0.25) is 5.91 Å². The molecule has 0 radical (unpaired) electrons. The smallest absolute Gasteiger partial charge is 0.223 e. The lowest BCUT2D eigenvalue weighted by molar-refractivity contribution is -0.129. The third-order valence-electron chi connectivity index (χ3n) is 5.92. The zero-order valence-corrected chi connectivity index (χ0v) is 16.4. The maximum absolute atomic E-state index is 12.5. The molecule has 4 nitrogen and oxygen atoms in total. The fourth-order valence-electron chi connectivity index (χ4n) is 4.32. The SMILES string of the molecule is Cc1cc(Br)ccc1C1(O)CCC(C(=O)N[C@H]2CC[C@@H](O)CC2)CC1. The summed E-state index contributed by atoms with van der Waals surface area (Å²) in [5, 5.41) is 23.8. The molecule has 0 aliphatic heterocycles. The van der Waals surface area contributed by atoms with Gasteiger partial charge in [-0.1, -0.05) is 22.0 Å². The number of carbonyl (C=O) groups excluding carboxylic acids is 1. The van der Waals surface area contributed by atoms with E-state index in [1.807, 2.05) is 25.1 Å². The Morgan fingerprint density at radius 3 is 2.40 bits per heavy atom. The summed E-state index contributed by atoms with van der Waals surface area (Å²) < 4.78 is 1.02. The number of benzene rings is 1. The first kappa shape index (κ1) is 18.9. The average molecular weight is 410 g/mol. The minimum atomic E-state index is -0.823. The second-order valence-electron chi connectivity index (χ2n) is 7.78. The van der Waals surface area contributed by atoms with Crippen molar-refractivity contribution in [1.29, 1.82) is 0 Å². The van der Waals surface area contributed by atoms with E-state index < -0.39 is 5.60 Å². The average Bonchev–Trinajstić information content (AvgIpc) is 2.57. The summed E-state index contributed by atoms with van der Waals surface area (Å²) in [5.41, 5.74) is 1.24. The largest absolute Gasteiger partial charge is 0.393 e. The molecule has 2 aliphatic carbocycles. The van der Waals surface area contributed by atoms with Crippen LogP contribution < -0.4 is 5.32 Å². The Morgan fingerprint density at radius 2 is 1.80 bits per heavy atom. The number of carbonyl (C=O) groups is 1. The molecule has 5 heteroatoms. The lowest BCUT2D eigenvalue weighted by Crippen LogP contribution is -2.44. The van der Waals surface area contributed by atoms with Crippen molar-refractivity contribution < 1.29 is 15.0 Å². The number of hydrogen-bond acceptors (Lipinski definition) is 3. The van der Waals surface area contributed by atoms with Gasteiger partial charge in [0, 0.05) is 16.4 Å². The molecule has 0 bridgehead atoms. The molecule has 3 N–H and O–H groups in total. The van der Waals surface area contributed by atoms with Gasteiger partial charge in [-0.2, -0.15) is 0 Å². The fourth-order valence-corrected chi connectivity index (χ4v) is 4.79. The topological polar surface area (TPSA) is 69.6 Å². The van der Waals surface area contributed by atoms with Crippen LogP contribution in [0, 0.1) is 12.8 Å². The van der Waals surface area contributed by atoms with Gasteiger partial charge in [0.15, 0.2) is 0 Å². The van der Waals surface area contributed by atoms with Crippen LogP contribution in [0.4, 0.5) is 0 Å². The third-order valence-corrected chi connectivity index (χ3v) is 6.41. The molecule has 0 heterocycles. The van der Waals surface area contributed by atoms with E-state index in [9.17, 15) is 15.0 Å². The van der Waals surface area contributed by atoms with Crippen LogP contribution in [0.15, 0.2) is 22.7 Å². The third kappa shape index (κ3) is 4.44. The molecule has 1 aromatic rings. The lowest BCUT2D eigenvalue weighted by Gasteiger charge is -2.37. The number of aryl methyl sites for hydroxylation is 1. The van der Waals surface area contributed by atoms with Crippen LogP contribution in [0.1, 0.15) is 62.5 Å². The predicted molar refractivity (Wildman–Crippen MR) is 101 cm³/mol. The first-order chi connectivity index (χ1) is 11.9. The Hall–Kier alpha value is -0.910. The molecule has 2 saturated carbocycles. The monoisotopic (exact) mass is 409 g/mol. The summed E-state index contributed by atoms with van der Waals surface area (Å²) >= 11 is 3.47. The number of rotatable bonds is 3. The summed E-state index contributed by atoms with van der Waals surface area (Å²) in [4.78, 5) is 12.5. The van der Waals surface area contributed by atoms with Crippen molar-refractivity contribution >= 4 is 21.8 Å². The van der Waals surface area contributed by atoms with Gasteiger partial charge in [-0.15, -0.1) is 0 Å². The second-order valence-corrected chi connectivity index (χ2v) is 8.69. The highest BCUT2D eigenvalue weighted by atomic mass is 79.9. The molecule has 1 amide bonds. The number of nitrogens with one attached hydrogen (secondary N) is 1. The van der Waals surface area contributed by atoms with E-state index >= 15 is 0 Å². The summed E-state index contributed by atoms with van der Waals surface area (Å²) in [6, 6.07) is 6.19. The van der Waals surface area contributed by atoms with Gasteiger partial charge >= 0.3 is 0 Å². The van der Waals surface area contributed by atoms with Crippen molar-refractivity contribution in [3.8, 4) is 0 Å². The van der Waals surface area contributed by atoms with Gasteiger partial charge in [-0.05, 0) is 81.5 Å². The van der Waals surface area contributed by atoms with Crippen LogP contribution in [0.2, 0.25) is 0 Å². The molecule has 2 aliphatic rings. The highest BCUT2D eigenvalue weighted by Gasteiger charge is 2.38. The van der Waals surface area contributed by atoms with Gasteiger partial charge in [-0.3, -0.25) is 4.79 Å². The van der Waals surface area contributed by atoms with E-state index in [0.717, 1.165) is 41.3 Å². The highest BCUT2D eigenvalue weighted by Crippen LogP contribution is 2.41. The Kier molecular flexibility index (Phi) is 5.86. The quantitative estimate of drug-likeness (QED) is 0.714. The lowest BCUT2D eigenvalue weighted by atomic mass is 9.74. The summed E-state index contributed by atoms with van der Waals surface area (Å²) in [6.45, 7) is 2.02. The molecule has 0 unspecified atom stereocenters. The Bertz CT molecular complexity index is 617. The molecule has 2 fully saturated rings. The molecule has 138 valence electrons. The van der Waals surface area contributed by atoms with Crippen LogP contribution in [0.3, 0.4) is 0 Å². The van der Waals surface area contributed by atoms with E-state index in [1.54, 1.807) is 0 Å². The molecule has 0 aromatic heterocycles. The number of halogens is 1. The van der Waals surface area contributed by atoms with Crippen molar-refractivity contribution in [3.05, 3.63) is 33.8 Å². The number of hydrogen-bond donors (Lipinski definition) is 3. The first-order valence-corrected chi connectivity index (χ1v) is 10.1. The maximum atomic E-state index is 12.5. The standard InChI is InChI=1S/C20H28BrNO3/c1-13-12-15(21)2-7-18(13)20(25)10-8-14(9-11-20)19(24)22-16-3-5-17(23)6-4-16/h2,7,12,14,16-17,23,25H,3-6,8-11H2,1H3,(H,22,24)/t14?,16-,17+,20?. The van der Waals surface area contributed by atoms with E-state index in [1.165, 1.54) is 0 Å². The first-order valence-electron chi connectivity index (χ1n) is 9.35. The van der Waals surface area contributed by atoms with E-state index in [2.05, 4.69) is 21.2 Å². The van der Waals surface area contributed by atoms with Crippen LogP contribution in [-0.4, -0.2) is 28.3 Å². The molecule has 1 aromatic carbocycles. The highest BCUT2D eigenvalue weighted by molar-refractivity contribution is 9.10. The van der Waals surface area contributed by atoms with Gasteiger partial charge in [0.25, 0.3) is 0 Å². The van der Waals surface area contributed by atoms with E-state index in [0.29, 0.717) is 25.7 Å². The molecule has 3 rings (SSSR count). The Labute approximate surface area is 158 Å². The summed E-state index contributed by atoms with van der Waals surface area (Å²) in [7, 11) is 0. The minimum Gasteiger partial charge on any atom is -0.393 e. The van der Waals surface area contributed by atoms with Gasteiger partial charge in [0.1, 0.15) is 0 Å². The normalized spacial score (nSPS) is 33.0. The van der Waals surface area contributed by atoms with Crippen LogP contribution in [0.5, 0.6) is 0 Å². The summed E-state index contributed by atoms with van der Waals surface area (Å²) in [6.07, 6.45) is 5.75. The summed E-state index contributed by atoms with van der Waals surface area (Å²) in [5.74, 6) is 0.110. The van der Waals surface area contributed by atoms with Gasteiger partial charge in [-0.25, -0.2) is 0 Å². The number of aliphatic hydroxyl groups is 2. The van der Waals surface area contributed by atoms with Crippen molar-refractivity contribution in [2.75, 3.05) is 0 Å². The molecular weight excluding hydrogens is 382 g/mol.